The van der Waals surface area contributed by atoms with Crippen LogP contribution in [0.3, 0.4) is 0 Å². The lowest BCUT2D eigenvalue weighted by Gasteiger charge is -2.35. The summed E-state index contributed by atoms with van der Waals surface area (Å²) in [6.45, 7) is 8.10. The number of amides is 2. The molecule has 4 aromatic rings. The number of nitrogens with one attached hydrogen (secondary N) is 1. The Morgan fingerprint density at radius 3 is 2.15 bits per heavy atom. The van der Waals surface area contributed by atoms with E-state index >= 15 is 4.39 Å². The summed E-state index contributed by atoms with van der Waals surface area (Å²) in [7, 11) is -4.30. The molecule has 2 amide bonds. The molecule has 0 saturated heterocycles. The first-order chi connectivity index (χ1) is 21.7. The van der Waals surface area contributed by atoms with Gasteiger partial charge in [0.25, 0.3) is 10.0 Å². The zero-order valence-electron chi connectivity index (χ0n) is 26.6. The van der Waals surface area contributed by atoms with Crippen molar-refractivity contribution >= 4 is 39.1 Å². The molecule has 4 rings (SSSR count). The molecule has 0 heterocycles. The number of aryl methyl sites for hydroxylation is 2. The number of anilines is 1. The van der Waals surface area contributed by atoms with Crippen LogP contribution in [0.15, 0.2) is 102 Å². The van der Waals surface area contributed by atoms with E-state index in [0.717, 1.165) is 15.4 Å². The first-order valence-corrected chi connectivity index (χ1v) is 16.7. The van der Waals surface area contributed by atoms with Crippen LogP contribution in [0.5, 0.6) is 0 Å². The zero-order chi connectivity index (χ0) is 33.6. The number of hydrogen-bond acceptors (Lipinski definition) is 4. The lowest BCUT2D eigenvalue weighted by molar-refractivity contribution is -0.140. The van der Waals surface area contributed by atoms with Crippen molar-refractivity contribution in [1.29, 1.82) is 0 Å². The fourth-order valence-electron chi connectivity index (χ4n) is 5.02. The van der Waals surface area contributed by atoms with E-state index in [2.05, 4.69) is 5.32 Å². The summed E-state index contributed by atoms with van der Waals surface area (Å²) < 4.78 is 44.6. The normalized spacial score (nSPS) is 12.3. The topological polar surface area (TPSA) is 86.8 Å². The molecular formula is C36H39ClFN3O4S. The Kier molecular flexibility index (Phi) is 10.9. The molecule has 0 aliphatic carbocycles. The standard InChI is InChI=1S/C36H39ClFN3O4S/c1-25-15-19-30(20-16-25)46(44,45)41(32-22-29(37)18-17-26(32)2)24-34(42)40(23-28-13-9-10-14-31(28)38)33(35(43)39-36(3,4)5)21-27-11-7-6-8-12-27/h6-20,22,33H,21,23-24H2,1-5H3,(H,39,43)/t33-/m1/s1. The maximum atomic E-state index is 15.1. The van der Waals surface area contributed by atoms with E-state index in [1.165, 1.54) is 35.2 Å². The van der Waals surface area contributed by atoms with Crippen molar-refractivity contribution < 1.29 is 22.4 Å². The summed E-state index contributed by atoms with van der Waals surface area (Å²) in [6.07, 6.45) is 0.115. The average Bonchev–Trinajstić information content (AvgIpc) is 2.99. The minimum atomic E-state index is -4.30. The number of rotatable bonds is 11. The van der Waals surface area contributed by atoms with E-state index in [1.54, 1.807) is 43.3 Å². The number of halogens is 2. The Hall–Kier alpha value is -4.21. The molecule has 7 nitrogen and oxygen atoms in total. The molecule has 10 heteroatoms. The van der Waals surface area contributed by atoms with E-state index in [-0.39, 0.29) is 34.1 Å². The minimum absolute atomic E-state index is 0.0164. The highest BCUT2D eigenvalue weighted by atomic mass is 35.5. The van der Waals surface area contributed by atoms with Gasteiger partial charge in [0, 0.05) is 29.1 Å². The largest absolute Gasteiger partial charge is 0.350 e. The van der Waals surface area contributed by atoms with Crippen molar-refractivity contribution in [1.82, 2.24) is 10.2 Å². The second-order valence-corrected chi connectivity index (χ2v) is 14.6. The molecule has 1 N–H and O–H groups in total. The highest BCUT2D eigenvalue weighted by Crippen LogP contribution is 2.30. The number of benzene rings is 4. The predicted octanol–water partition coefficient (Wildman–Crippen LogP) is 6.85. The maximum Gasteiger partial charge on any atom is 0.264 e. The van der Waals surface area contributed by atoms with Crippen molar-refractivity contribution in [2.24, 2.45) is 0 Å². The molecule has 0 aliphatic heterocycles. The highest BCUT2D eigenvalue weighted by molar-refractivity contribution is 7.92. The number of nitrogens with zero attached hydrogens (tertiary/aromatic N) is 2. The van der Waals surface area contributed by atoms with Crippen LogP contribution in [0.2, 0.25) is 5.02 Å². The van der Waals surface area contributed by atoms with Crippen LogP contribution in [0, 0.1) is 19.7 Å². The molecule has 0 bridgehead atoms. The lowest BCUT2D eigenvalue weighted by atomic mass is 10.0. The van der Waals surface area contributed by atoms with Gasteiger partial charge in [0.1, 0.15) is 18.4 Å². The number of sulfonamides is 1. The van der Waals surface area contributed by atoms with Gasteiger partial charge in [-0.15, -0.1) is 0 Å². The molecular weight excluding hydrogens is 625 g/mol. The van der Waals surface area contributed by atoms with Gasteiger partial charge in [-0.1, -0.05) is 83.9 Å². The van der Waals surface area contributed by atoms with Gasteiger partial charge in [-0.3, -0.25) is 13.9 Å². The summed E-state index contributed by atoms with van der Waals surface area (Å²) in [6, 6.07) is 25.2. The van der Waals surface area contributed by atoms with E-state index in [1.807, 2.05) is 58.0 Å². The summed E-state index contributed by atoms with van der Waals surface area (Å²) in [5.41, 5.74) is 1.97. The van der Waals surface area contributed by atoms with Gasteiger partial charge in [-0.25, -0.2) is 12.8 Å². The summed E-state index contributed by atoms with van der Waals surface area (Å²) >= 11 is 6.33. The van der Waals surface area contributed by atoms with E-state index in [0.29, 0.717) is 5.56 Å². The van der Waals surface area contributed by atoms with E-state index < -0.39 is 45.8 Å². The fraction of sp³-hybridized carbons (Fsp3) is 0.278. The highest BCUT2D eigenvalue weighted by Gasteiger charge is 2.36. The van der Waals surface area contributed by atoms with Gasteiger partial charge in [0.15, 0.2) is 0 Å². The maximum absolute atomic E-state index is 15.1. The Labute approximate surface area is 276 Å². The molecule has 242 valence electrons. The smallest absolute Gasteiger partial charge is 0.264 e. The summed E-state index contributed by atoms with van der Waals surface area (Å²) in [5, 5.41) is 3.25. The van der Waals surface area contributed by atoms with Crippen molar-refractivity contribution in [2.75, 3.05) is 10.8 Å². The summed E-state index contributed by atoms with van der Waals surface area (Å²) in [5.74, 6) is -1.69. The van der Waals surface area contributed by atoms with Crippen LogP contribution in [0.25, 0.3) is 0 Å². The van der Waals surface area contributed by atoms with E-state index in [4.69, 9.17) is 11.6 Å². The molecule has 4 aromatic carbocycles. The average molecular weight is 664 g/mol. The molecule has 0 aliphatic rings. The van der Waals surface area contributed by atoms with Gasteiger partial charge in [-0.2, -0.15) is 0 Å². The van der Waals surface area contributed by atoms with Crippen molar-refractivity contribution in [3.8, 4) is 0 Å². The molecule has 0 fully saturated rings. The van der Waals surface area contributed by atoms with Crippen LogP contribution in [0.4, 0.5) is 10.1 Å². The van der Waals surface area contributed by atoms with Crippen LogP contribution in [0.1, 0.15) is 43.0 Å². The molecule has 1 atom stereocenters. The quantitative estimate of drug-likeness (QED) is 0.190. The van der Waals surface area contributed by atoms with Crippen molar-refractivity contribution in [2.45, 2.75) is 64.1 Å². The number of hydrogen-bond donors (Lipinski definition) is 1. The van der Waals surface area contributed by atoms with Crippen LogP contribution >= 0.6 is 11.6 Å². The second kappa shape index (κ2) is 14.5. The molecule has 0 radical (unpaired) electrons. The fourth-order valence-corrected chi connectivity index (χ4v) is 6.66. The Balaban J connectivity index is 1.86. The minimum Gasteiger partial charge on any atom is -0.350 e. The van der Waals surface area contributed by atoms with Gasteiger partial charge < -0.3 is 10.2 Å². The molecule has 0 saturated carbocycles. The first-order valence-electron chi connectivity index (χ1n) is 14.9. The SMILES string of the molecule is Cc1ccc(S(=O)(=O)N(CC(=O)N(Cc2ccccc2F)[C@H](Cc2ccccc2)C(=O)NC(C)(C)C)c2cc(Cl)ccc2C)cc1. The van der Waals surface area contributed by atoms with Crippen LogP contribution < -0.4 is 9.62 Å². The third-order valence-corrected chi connectivity index (χ3v) is 9.40. The zero-order valence-corrected chi connectivity index (χ0v) is 28.2. The molecule has 0 aromatic heterocycles. The van der Waals surface area contributed by atoms with Gasteiger partial charge in [-0.05, 0) is 76.1 Å². The Bertz CT molecular complexity index is 1790. The number of carbonyl (C=O) groups is 2. The van der Waals surface area contributed by atoms with E-state index in [9.17, 15) is 18.0 Å². The first kappa shape index (κ1) is 34.7. The molecule has 0 unspecified atom stereocenters. The van der Waals surface area contributed by atoms with Gasteiger partial charge >= 0.3 is 0 Å². The summed E-state index contributed by atoms with van der Waals surface area (Å²) in [4.78, 5) is 29.7. The lowest BCUT2D eigenvalue weighted by Crippen LogP contribution is -2.56. The molecule has 0 spiro atoms. The van der Waals surface area contributed by atoms with Gasteiger partial charge in [0.05, 0.1) is 10.6 Å². The third kappa shape index (κ3) is 8.73. The predicted molar refractivity (Wildman–Crippen MR) is 181 cm³/mol. The monoisotopic (exact) mass is 663 g/mol. The Morgan fingerprint density at radius 1 is 0.891 bits per heavy atom. The van der Waals surface area contributed by atoms with Crippen LogP contribution in [-0.2, 0) is 32.6 Å². The Morgan fingerprint density at radius 2 is 1.52 bits per heavy atom. The van der Waals surface area contributed by atoms with Gasteiger partial charge in [0.2, 0.25) is 11.8 Å². The number of carbonyl (C=O) groups excluding carboxylic acids is 2. The van der Waals surface area contributed by atoms with Crippen molar-refractivity contribution in [3.63, 3.8) is 0 Å². The van der Waals surface area contributed by atoms with Crippen LogP contribution in [-0.4, -0.2) is 43.3 Å². The van der Waals surface area contributed by atoms with Crippen molar-refractivity contribution in [3.05, 3.63) is 130 Å². The third-order valence-electron chi connectivity index (χ3n) is 7.40. The second-order valence-electron chi connectivity index (χ2n) is 12.3. The molecule has 46 heavy (non-hydrogen) atoms.